The number of methoxy groups -OCH3 is 1. The minimum absolute atomic E-state index is 0.0483. The molecule has 0 unspecified atom stereocenters. The van der Waals surface area contributed by atoms with Crippen molar-refractivity contribution in [1.29, 1.82) is 0 Å². The Morgan fingerprint density at radius 2 is 2.00 bits per heavy atom. The summed E-state index contributed by atoms with van der Waals surface area (Å²) >= 11 is 2.62. The molecule has 0 spiro atoms. The highest BCUT2D eigenvalue weighted by atomic mass is 32.2. The zero-order valence-corrected chi connectivity index (χ0v) is 17.8. The summed E-state index contributed by atoms with van der Waals surface area (Å²) < 4.78 is 6.93. The van der Waals surface area contributed by atoms with Crippen LogP contribution in [0, 0.1) is 6.92 Å². The highest BCUT2D eigenvalue weighted by Gasteiger charge is 2.16. The molecular formula is C18H20N6O3S2. The summed E-state index contributed by atoms with van der Waals surface area (Å²) in [6.45, 7) is 1.87. The standard InChI is InChI=1S/C18H20N6O3S2/c1-11-9-28-17(19-11)21-16(26)10-29-18-23-22-14(24(18)2)8-15(25)20-12-6-4-5-7-13(12)27-3/h4-7,9H,8,10H2,1-3H3,(H,20,25)(H,19,21,26). The van der Waals surface area contributed by atoms with Gasteiger partial charge in [-0.3, -0.25) is 9.59 Å². The molecule has 2 heterocycles. The third-order valence-electron chi connectivity index (χ3n) is 3.82. The van der Waals surface area contributed by atoms with Gasteiger partial charge in [-0.25, -0.2) is 4.98 Å². The summed E-state index contributed by atoms with van der Waals surface area (Å²) in [5.74, 6) is 0.825. The molecule has 29 heavy (non-hydrogen) atoms. The van der Waals surface area contributed by atoms with Crippen LogP contribution in [0.15, 0.2) is 34.8 Å². The number of carbonyl (C=O) groups is 2. The van der Waals surface area contributed by atoms with Crippen molar-refractivity contribution in [2.75, 3.05) is 23.5 Å². The molecule has 0 saturated heterocycles. The number of benzene rings is 1. The van der Waals surface area contributed by atoms with Crippen molar-refractivity contribution < 1.29 is 14.3 Å². The average Bonchev–Trinajstić information content (AvgIpc) is 3.26. The third kappa shape index (κ3) is 5.55. The molecule has 2 N–H and O–H groups in total. The molecule has 0 aliphatic carbocycles. The van der Waals surface area contributed by atoms with E-state index in [0.29, 0.717) is 27.5 Å². The summed E-state index contributed by atoms with van der Waals surface area (Å²) in [6.07, 6.45) is 0.0483. The maximum absolute atomic E-state index is 12.4. The van der Waals surface area contributed by atoms with E-state index in [1.807, 2.05) is 24.4 Å². The van der Waals surface area contributed by atoms with Gasteiger partial charge in [0.1, 0.15) is 11.6 Å². The molecule has 0 saturated carbocycles. The first-order chi connectivity index (χ1) is 14.0. The van der Waals surface area contributed by atoms with E-state index in [-0.39, 0.29) is 24.0 Å². The molecule has 0 radical (unpaired) electrons. The van der Waals surface area contributed by atoms with Crippen molar-refractivity contribution in [3.8, 4) is 5.75 Å². The van der Waals surface area contributed by atoms with Gasteiger partial charge < -0.3 is 19.9 Å². The highest BCUT2D eigenvalue weighted by molar-refractivity contribution is 7.99. The number of aromatic nitrogens is 4. The Kier molecular flexibility index (Phi) is 6.83. The number of nitrogens with one attached hydrogen (secondary N) is 2. The third-order valence-corrected chi connectivity index (χ3v) is 5.72. The van der Waals surface area contributed by atoms with Gasteiger partial charge in [-0.2, -0.15) is 0 Å². The number of para-hydroxylation sites is 2. The molecule has 0 bridgehead atoms. The predicted octanol–water partition coefficient (Wildman–Crippen LogP) is 2.50. The fourth-order valence-corrected chi connectivity index (χ4v) is 3.84. The Labute approximate surface area is 175 Å². The second-order valence-electron chi connectivity index (χ2n) is 6.01. The molecule has 11 heteroatoms. The number of ether oxygens (including phenoxy) is 1. The predicted molar refractivity (Wildman–Crippen MR) is 113 cm³/mol. The van der Waals surface area contributed by atoms with Crippen LogP contribution in [0.2, 0.25) is 0 Å². The van der Waals surface area contributed by atoms with Gasteiger partial charge in [0.2, 0.25) is 11.8 Å². The highest BCUT2D eigenvalue weighted by Crippen LogP contribution is 2.23. The average molecular weight is 433 g/mol. The molecule has 0 fully saturated rings. The van der Waals surface area contributed by atoms with Crippen LogP contribution in [0.5, 0.6) is 5.75 Å². The van der Waals surface area contributed by atoms with E-state index in [1.54, 1.807) is 30.9 Å². The van der Waals surface area contributed by atoms with Crippen molar-refractivity contribution in [2.24, 2.45) is 7.05 Å². The van der Waals surface area contributed by atoms with Crippen molar-refractivity contribution in [3.63, 3.8) is 0 Å². The topological polar surface area (TPSA) is 111 Å². The summed E-state index contributed by atoms with van der Waals surface area (Å²) in [7, 11) is 3.30. The van der Waals surface area contributed by atoms with E-state index >= 15 is 0 Å². The maximum atomic E-state index is 12.4. The molecule has 3 aromatic rings. The number of rotatable bonds is 8. The summed E-state index contributed by atoms with van der Waals surface area (Å²) in [5, 5.41) is 16.7. The van der Waals surface area contributed by atoms with Gasteiger partial charge in [-0.1, -0.05) is 23.9 Å². The van der Waals surface area contributed by atoms with E-state index in [2.05, 4.69) is 25.8 Å². The second kappa shape index (κ2) is 9.52. The first-order valence-corrected chi connectivity index (χ1v) is 10.5. The van der Waals surface area contributed by atoms with Crippen molar-refractivity contribution in [3.05, 3.63) is 41.2 Å². The van der Waals surface area contributed by atoms with Gasteiger partial charge in [-0.05, 0) is 19.1 Å². The minimum atomic E-state index is -0.238. The van der Waals surface area contributed by atoms with E-state index in [9.17, 15) is 9.59 Å². The molecular weight excluding hydrogens is 412 g/mol. The number of nitrogens with zero attached hydrogens (tertiary/aromatic N) is 4. The van der Waals surface area contributed by atoms with Gasteiger partial charge in [0.15, 0.2) is 10.3 Å². The largest absolute Gasteiger partial charge is 0.495 e. The lowest BCUT2D eigenvalue weighted by Gasteiger charge is -2.09. The van der Waals surface area contributed by atoms with Crippen LogP contribution in [-0.4, -0.2) is 44.4 Å². The number of aryl methyl sites for hydroxylation is 1. The van der Waals surface area contributed by atoms with Crippen LogP contribution in [0.4, 0.5) is 10.8 Å². The van der Waals surface area contributed by atoms with Crippen molar-refractivity contribution in [1.82, 2.24) is 19.7 Å². The van der Waals surface area contributed by atoms with Gasteiger partial charge in [0.05, 0.1) is 30.7 Å². The van der Waals surface area contributed by atoms with Gasteiger partial charge in [-0.15, -0.1) is 21.5 Å². The van der Waals surface area contributed by atoms with Gasteiger partial charge in [0.25, 0.3) is 0 Å². The van der Waals surface area contributed by atoms with Gasteiger partial charge in [0, 0.05) is 12.4 Å². The quantitative estimate of drug-likeness (QED) is 0.526. The molecule has 9 nitrogen and oxygen atoms in total. The van der Waals surface area contributed by atoms with Crippen molar-refractivity contribution >= 4 is 45.7 Å². The molecule has 2 aromatic heterocycles. The number of anilines is 2. The summed E-state index contributed by atoms with van der Waals surface area (Å²) in [4.78, 5) is 28.6. The SMILES string of the molecule is COc1ccccc1NC(=O)Cc1nnc(SCC(=O)Nc2nc(C)cs2)n1C. The zero-order chi connectivity index (χ0) is 20.8. The lowest BCUT2D eigenvalue weighted by molar-refractivity contribution is -0.116. The molecule has 2 amide bonds. The first kappa shape index (κ1) is 20.8. The lowest BCUT2D eigenvalue weighted by atomic mass is 10.2. The van der Waals surface area contributed by atoms with E-state index < -0.39 is 0 Å². The number of thioether (sulfide) groups is 1. The lowest BCUT2D eigenvalue weighted by Crippen LogP contribution is -2.17. The summed E-state index contributed by atoms with van der Waals surface area (Å²) in [6, 6.07) is 7.17. The van der Waals surface area contributed by atoms with Crippen LogP contribution >= 0.6 is 23.1 Å². The smallest absolute Gasteiger partial charge is 0.236 e. The number of carbonyl (C=O) groups excluding carboxylic acids is 2. The number of hydrogen-bond acceptors (Lipinski definition) is 8. The van der Waals surface area contributed by atoms with E-state index in [4.69, 9.17) is 4.74 Å². The Bertz CT molecular complexity index is 1020. The Morgan fingerprint density at radius 3 is 2.72 bits per heavy atom. The molecule has 3 rings (SSSR count). The summed E-state index contributed by atoms with van der Waals surface area (Å²) in [5.41, 5.74) is 1.45. The number of hydrogen-bond donors (Lipinski definition) is 2. The Morgan fingerprint density at radius 1 is 1.21 bits per heavy atom. The monoisotopic (exact) mass is 432 g/mol. The van der Waals surface area contributed by atoms with Crippen LogP contribution in [0.1, 0.15) is 11.5 Å². The Balaban J connectivity index is 1.54. The number of thiazole rings is 1. The second-order valence-corrected chi connectivity index (χ2v) is 7.81. The minimum Gasteiger partial charge on any atom is -0.495 e. The van der Waals surface area contributed by atoms with Gasteiger partial charge >= 0.3 is 0 Å². The first-order valence-electron chi connectivity index (χ1n) is 8.62. The molecule has 0 aliphatic heterocycles. The van der Waals surface area contributed by atoms with Crippen molar-refractivity contribution in [2.45, 2.75) is 18.5 Å². The van der Waals surface area contributed by atoms with E-state index in [1.165, 1.54) is 23.1 Å². The zero-order valence-electron chi connectivity index (χ0n) is 16.1. The normalized spacial score (nSPS) is 10.6. The van der Waals surface area contributed by atoms with E-state index in [0.717, 1.165) is 5.69 Å². The van der Waals surface area contributed by atoms with Crippen LogP contribution < -0.4 is 15.4 Å². The fraction of sp³-hybridized carbons (Fsp3) is 0.278. The fourth-order valence-electron chi connectivity index (χ4n) is 2.41. The van der Waals surface area contributed by atoms with Crippen LogP contribution in [0.25, 0.3) is 0 Å². The molecule has 152 valence electrons. The molecule has 1 aromatic carbocycles. The number of amides is 2. The maximum Gasteiger partial charge on any atom is 0.236 e. The van der Waals surface area contributed by atoms with Crippen LogP contribution in [-0.2, 0) is 23.1 Å². The molecule has 0 atom stereocenters. The molecule has 0 aliphatic rings. The Hall–Kier alpha value is -2.92. The van der Waals surface area contributed by atoms with Crippen LogP contribution in [0.3, 0.4) is 0 Å².